The molecule has 1 N–H and O–H groups in total. The summed E-state index contributed by atoms with van der Waals surface area (Å²) in [5.41, 5.74) is 3.79. The van der Waals surface area contributed by atoms with E-state index in [-0.39, 0.29) is 17.6 Å². The van der Waals surface area contributed by atoms with Crippen molar-refractivity contribution in [2.24, 2.45) is 0 Å². The van der Waals surface area contributed by atoms with Gasteiger partial charge >= 0.3 is 0 Å². The maximum absolute atomic E-state index is 14.9. The Morgan fingerprint density at radius 2 is 0.899 bits per heavy atom. The topological polar surface area (TPSA) is 76.1 Å². The van der Waals surface area contributed by atoms with Crippen LogP contribution in [0.25, 0.3) is 61.6 Å². The number of unbranched alkanes of at least 4 members (excludes halogenated alkanes) is 27. The summed E-state index contributed by atoms with van der Waals surface area (Å²) in [4.78, 5) is 37.7. The molecule has 0 spiro atoms. The Labute approximate surface area is 490 Å². The molecule has 6 nitrogen and oxygen atoms in total. The quantitative estimate of drug-likeness (QED) is 0.0308. The molecule has 10 heteroatoms. The standard InChI is InChI=1S/C69H93NO5S4/c1-7-10-13-16-19-22-25-28-31-34-39-70-68(72)61-53(37-38-54(62(61)69(70)73)59-47-56(50(6)77-59)74-40-35-32-29-26-23-20-17-14-11-8-2)58-42-48(4)65(78-58)60-46-52-45-57(75-41-36-33-30-27-24-21-18-15-12-9-3)64-63(66(52)79-60)55(71)44-51-43-49(5)76-67(51)64/h37-38,42-47,71H,7-36,39-41H2,1-6H3. The van der Waals surface area contributed by atoms with Crippen molar-refractivity contribution >= 4 is 88.1 Å². The number of benzene rings is 3. The van der Waals surface area contributed by atoms with Crippen LogP contribution < -0.4 is 9.47 Å². The van der Waals surface area contributed by atoms with E-state index in [1.807, 2.05) is 6.07 Å². The van der Waals surface area contributed by atoms with E-state index in [0.29, 0.717) is 30.9 Å². The molecule has 4 aromatic heterocycles. The van der Waals surface area contributed by atoms with Crippen molar-refractivity contribution in [3.8, 4) is 47.9 Å². The first-order valence-corrected chi connectivity index (χ1v) is 34.5. The lowest BCUT2D eigenvalue weighted by atomic mass is 9.95. The maximum atomic E-state index is 14.9. The number of aromatic hydroxyl groups is 1. The van der Waals surface area contributed by atoms with Crippen LogP contribution in [0.5, 0.6) is 17.2 Å². The Balaban J connectivity index is 1.03. The minimum absolute atomic E-state index is 0.183. The predicted molar refractivity (Wildman–Crippen MR) is 345 cm³/mol. The molecule has 428 valence electrons. The molecule has 7 aromatic rings. The molecular formula is C69H93NO5S4. The predicted octanol–water partition coefficient (Wildman–Crippen LogP) is 23.1. The molecule has 1 aliphatic heterocycles. The number of thiophene rings is 4. The van der Waals surface area contributed by atoms with E-state index in [1.54, 1.807) is 50.2 Å². The van der Waals surface area contributed by atoms with Gasteiger partial charge in [0.05, 0.1) is 24.3 Å². The van der Waals surface area contributed by atoms with Gasteiger partial charge in [-0.1, -0.05) is 206 Å². The zero-order valence-electron chi connectivity index (χ0n) is 49.1. The molecule has 0 atom stereocenters. The summed E-state index contributed by atoms with van der Waals surface area (Å²) >= 11 is 6.81. The number of phenols is 1. The van der Waals surface area contributed by atoms with E-state index in [2.05, 4.69) is 84.0 Å². The van der Waals surface area contributed by atoms with Crippen molar-refractivity contribution in [2.45, 2.75) is 234 Å². The van der Waals surface area contributed by atoms with Gasteiger partial charge < -0.3 is 14.6 Å². The van der Waals surface area contributed by atoms with Crippen LogP contribution in [0.3, 0.4) is 0 Å². The molecule has 5 heterocycles. The molecule has 0 fully saturated rings. The van der Waals surface area contributed by atoms with Crippen LogP contribution in [-0.4, -0.2) is 41.6 Å². The minimum atomic E-state index is -0.185. The van der Waals surface area contributed by atoms with Crippen LogP contribution >= 0.6 is 45.3 Å². The molecule has 8 rings (SSSR count). The second-order valence-corrected chi connectivity index (χ2v) is 27.5. The number of hydrogen-bond donors (Lipinski definition) is 1. The van der Waals surface area contributed by atoms with Crippen LogP contribution in [0.2, 0.25) is 0 Å². The molecule has 0 aliphatic carbocycles. The number of fused-ring (bicyclic) bond motifs is 6. The van der Waals surface area contributed by atoms with Crippen molar-refractivity contribution < 1.29 is 24.2 Å². The number of rotatable bonds is 38. The third-order valence-corrected chi connectivity index (χ3v) is 21.1. The fourth-order valence-electron chi connectivity index (χ4n) is 11.8. The van der Waals surface area contributed by atoms with Crippen molar-refractivity contribution in [1.29, 1.82) is 0 Å². The number of hydrogen-bond acceptors (Lipinski definition) is 9. The smallest absolute Gasteiger partial charge is 0.262 e. The van der Waals surface area contributed by atoms with E-state index in [0.717, 1.165) is 122 Å². The Morgan fingerprint density at radius 3 is 1.43 bits per heavy atom. The average molecular weight is 1140 g/mol. The number of imide groups is 1. The number of carbonyl (C=O) groups excluding carboxylic acids is 2. The number of aryl methyl sites for hydroxylation is 3. The van der Waals surface area contributed by atoms with Gasteiger partial charge in [0.1, 0.15) is 17.2 Å². The van der Waals surface area contributed by atoms with E-state index < -0.39 is 0 Å². The Kier molecular flexibility index (Phi) is 24.1. The molecule has 0 bridgehead atoms. The van der Waals surface area contributed by atoms with E-state index in [1.165, 1.54) is 159 Å². The first-order valence-electron chi connectivity index (χ1n) is 31.3. The third-order valence-electron chi connectivity index (χ3n) is 16.3. The van der Waals surface area contributed by atoms with Crippen molar-refractivity contribution in [2.75, 3.05) is 19.8 Å². The summed E-state index contributed by atoms with van der Waals surface area (Å²) in [5.74, 6) is 1.62. The largest absolute Gasteiger partial charge is 0.507 e. The molecule has 79 heavy (non-hydrogen) atoms. The summed E-state index contributed by atoms with van der Waals surface area (Å²) in [6.07, 6.45) is 37.5. The van der Waals surface area contributed by atoms with Gasteiger partial charge in [-0.15, -0.1) is 45.3 Å². The summed E-state index contributed by atoms with van der Waals surface area (Å²) in [7, 11) is 0. The highest BCUT2D eigenvalue weighted by molar-refractivity contribution is 7.28. The first kappa shape index (κ1) is 60.9. The van der Waals surface area contributed by atoms with Gasteiger partial charge in [-0.3, -0.25) is 14.5 Å². The lowest BCUT2D eigenvalue weighted by Gasteiger charge is -2.13. The molecule has 0 saturated heterocycles. The van der Waals surface area contributed by atoms with E-state index in [4.69, 9.17) is 9.47 Å². The number of nitrogens with zero attached hydrogens (tertiary/aromatic N) is 1. The third kappa shape index (κ3) is 15.9. The second kappa shape index (κ2) is 31.3. The number of carbonyl (C=O) groups is 2. The lowest BCUT2D eigenvalue weighted by molar-refractivity contribution is 0.0652. The van der Waals surface area contributed by atoms with Crippen LogP contribution in [0.4, 0.5) is 0 Å². The fourth-order valence-corrected chi connectivity index (χ4v) is 16.4. The molecule has 2 amide bonds. The average Bonchev–Trinajstić information content (AvgIpc) is 4.28. The summed E-state index contributed by atoms with van der Waals surface area (Å²) < 4.78 is 15.4. The van der Waals surface area contributed by atoms with Crippen LogP contribution in [0, 0.1) is 20.8 Å². The van der Waals surface area contributed by atoms with Gasteiger partial charge in [-0.05, 0) is 92.8 Å². The Hall–Kier alpha value is -4.22. The normalized spacial score (nSPS) is 12.7. The zero-order valence-corrected chi connectivity index (χ0v) is 52.4. The fraction of sp³-hybridized carbons (Fsp3) is 0.565. The number of amides is 2. The monoisotopic (exact) mass is 1140 g/mol. The van der Waals surface area contributed by atoms with E-state index in [9.17, 15) is 14.7 Å². The molecule has 0 radical (unpaired) electrons. The van der Waals surface area contributed by atoms with Gasteiger partial charge in [-0.2, -0.15) is 0 Å². The first-order chi connectivity index (χ1) is 38.6. The Bertz CT molecular complexity index is 3060. The maximum Gasteiger partial charge on any atom is 0.262 e. The van der Waals surface area contributed by atoms with Crippen LogP contribution in [0.15, 0.2) is 48.5 Å². The van der Waals surface area contributed by atoms with Crippen molar-refractivity contribution in [3.63, 3.8) is 0 Å². The number of ether oxygens (including phenoxy) is 2. The Morgan fingerprint density at radius 1 is 0.443 bits per heavy atom. The zero-order chi connectivity index (χ0) is 55.5. The highest BCUT2D eigenvalue weighted by atomic mass is 32.1. The van der Waals surface area contributed by atoms with E-state index >= 15 is 0 Å². The summed E-state index contributed by atoms with van der Waals surface area (Å²) in [6, 6.07) is 17.0. The van der Waals surface area contributed by atoms with Crippen LogP contribution in [0.1, 0.15) is 249 Å². The minimum Gasteiger partial charge on any atom is -0.507 e. The molecule has 0 saturated carbocycles. The van der Waals surface area contributed by atoms with Crippen molar-refractivity contribution in [1.82, 2.24) is 4.90 Å². The SMILES string of the molecule is CCCCCCCCCCCCOc1cc(-c2ccc(-c3cc(C)c(-c4cc5cc(OCCCCCCCCCCCC)c6c7sc(C)cc7cc(O)c6c5s4)s3)c3c2C(=O)N(CCCCCCCCCCCC)C3=O)sc1C. The van der Waals surface area contributed by atoms with Gasteiger partial charge in [0.2, 0.25) is 0 Å². The van der Waals surface area contributed by atoms with Gasteiger partial charge in [-0.25, -0.2) is 0 Å². The molecular weight excluding hydrogens is 1050 g/mol. The molecule has 0 unspecified atom stereocenters. The van der Waals surface area contributed by atoms with Crippen molar-refractivity contribution in [3.05, 3.63) is 75.0 Å². The van der Waals surface area contributed by atoms with Gasteiger partial charge in [0, 0.05) is 67.1 Å². The highest BCUT2D eigenvalue weighted by Crippen LogP contribution is 2.52. The summed E-state index contributed by atoms with van der Waals surface area (Å²) in [5, 5.41) is 15.8. The summed E-state index contributed by atoms with van der Waals surface area (Å²) in [6.45, 7) is 15.0. The lowest BCUT2D eigenvalue weighted by Crippen LogP contribution is -2.30. The second-order valence-electron chi connectivity index (χ2n) is 22.9. The highest BCUT2D eigenvalue weighted by Gasteiger charge is 2.40. The molecule has 3 aromatic carbocycles. The number of phenolic OH excluding ortho intramolecular Hbond substituents is 1. The molecule has 1 aliphatic rings. The van der Waals surface area contributed by atoms with Gasteiger partial charge in [0.15, 0.2) is 0 Å². The van der Waals surface area contributed by atoms with Crippen LogP contribution in [-0.2, 0) is 0 Å². The van der Waals surface area contributed by atoms with Gasteiger partial charge in [0.25, 0.3) is 11.8 Å².